The molecule has 3 rings (SSSR count). The van der Waals surface area contributed by atoms with Crippen LogP contribution in [0.25, 0.3) is 11.0 Å². The Kier molecular flexibility index (Phi) is 3.70. The zero-order chi connectivity index (χ0) is 15.5. The van der Waals surface area contributed by atoms with E-state index in [9.17, 15) is 9.59 Å². The summed E-state index contributed by atoms with van der Waals surface area (Å²) in [6.45, 7) is 1.70. The minimum atomic E-state index is -0.724. The van der Waals surface area contributed by atoms with Gasteiger partial charge in [0.15, 0.2) is 0 Å². The molecule has 0 spiro atoms. The molecule has 0 saturated carbocycles. The maximum atomic E-state index is 12.2. The molecule has 2 aromatic heterocycles. The number of nitrogens with zero attached hydrogens (tertiary/aromatic N) is 1. The van der Waals surface area contributed by atoms with Crippen molar-refractivity contribution in [1.29, 1.82) is 0 Å². The fourth-order valence-corrected chi connectivity index (χ4v) is 2.11. The van der Waals surface area contributed by atoms with Gasteiger partial charge in [-0.15, -0.1) is 0 Å². The molecule has 0 saturated heterocycles. The Morgan fingerprint density at radius 3 is 2.73 bits per heavy atom. The lowest BCUT2D eigenvalue weighted by Gasteiger charge is -2.12. The summed E-state index contributed by atoms with van der Waals surface area (Å²) >= 11 is 0. The van der Waals surface area contributed by atoms with E-state index in [0.717, 1.165) is 0 Å². The Bertz CT molecular complexity index is 870. The molecule has 2 heterocycles. The third-order valence-electron chi connectivity index (χ3n) is 3.25. The van der Waals surface area contributed by atoms with Gasteiger partial charge in [0.2, 0.25) is 0 Å². The van der Waals surface area contributed by atoms with E-state index in [2.05, 4.69) is 4.98 Å². The summed E-state index contributed by atoms with van der Waals surface area (Å²) in [5, 5.41) is 0.666. The van der Waals surface area contributed by atoms with Gasteiger partial charge < -0.3 is 9.15 Å². The van der Waals surface area contributed by atoms with E-state index >= 15 is 0 Å². The molecule has 5 nitrogen and oxygen atoms in total. The van der Waals surface area contributed by atoms with Crippen molar-refractivity contribution in [2.24, 2.45) is 0 Å². The molecule has 0 aliphatic rings. The summed E-state index contributed by atoms with van der Waals surface area (Å²) in [4.78, 5) is 28.2. The Morgan fingerprint density at radius 2 is 1.95 bits per heavy atom. The van der Waals surface area contributed by atoms with Gasteiger partial charge in [-0.25, -0.2) is 9.59 Å². The van der Waals surface area contributed by atoms with Gasteiger partial charge >= 0.3 is 11.6 Å². The predicted molar refractivity (Wildman–Crippen MR) is 80.6 cm³/mol. The predicted octanol–water partition coefficient (Wildman–Crippen LogP) is 3.11. The SMILES string of the molecule is C[C@@H](OC(=O)c1cc2ccccc2oc1=O)c1ccccn1. The van der Waals surface area contributed by atoms with Crippen LogP contribution < -0.4 is 5.63 Å². The number of fused-ring (bicyclic) bond motifs is 1. The molecule has 110 valence electrons. The minimum Gasteiger partial charge on any atom is -0.452 e. The average molecular weight is 295 g/mol. The van der Waals surface area contributed by atoms with Gasteiger partial charge in [-0.3, -0.25) is 4.98 Å². The van der Waals surface area contributed by atoms with Crippen LogP contribution in [0.1, 0.15) is 29.1 Å². The Labute approximate surface area is 126 Å². The maximum absolute atomic E-state index is 12.2. The number of para-hydroxylation sites is 1. The molecular weight excluding hydrogens is 282 g/mol. The van der Waals surface area contributed by atoms with Crippen LogP contribution in [0.2, 0.25) is 0 Å². The van der Waals surface area contributed by atoms with Crippen LogP contribution in [-0.4, -0.2) is 11.0 Å². The summed E-state index contributed by atoms with van der Waals surface area (Å²) < 4.78 is 10.4. The number of benzene rings is 1. The molecule has 22 heavy (non-hydrogen) atoms. The number of ether oxygens (including phenoxy) is 1. The summed E-state index contributed by atoms with van der Waals surface area (Å²) in [7, 11) is 0. The molecule has 5 heteroatoms. The standard InChI is InChI=1S/C17H13NO4/c1-11(14-7-4-5-9-18-14)21-16(19)13-10-12-6-2-3-8-15(12)22-17(13)20/h2-11H,1H3/t11-/m1/s1. The number of hydrogen-bond donors (Lipinski definition) is 0. The number of esters is 1. The molecule has 1 atom stereocenters. The molecule has 0 unspecified atom stereocenters. The smallest absolute Gasteiger partial charge is 0.351 e. The lowest BCUT2D eigenvalue weighted by atomic mass is 10.2. The average Bonchev–Trinajstić information content (AvgIpc) is 2.54. The van der Waals surface area contributed by atoms with Gasteiger partial charge in [-0.2, -0.15) is 0 Å². The van der Waals surface area contributed by atoms with Crippen molar-refractivity contribution in [3.63, 3.8) is 0 Å². The van der Waals surface area contributed by atoms with E-state index in [1.807, 2.05) is 0 Å². The number of rotatable bonds is 3. The van der Waals surface area contributed by atoms with Crippen LogP contribution in [0.3, 0.4) is 0 Å². The maximum Gasteiger partial charge on any atom is 0.351 e. The molecule has 0 aliphatic carbocycles. The number of aromatic nitrogens is 1. The fourth-order valence-electron chi connectivity index (χ4n) is 2.11. The second kappa shape index (κ2) is 5.81. The Hall–Kier alpha value is -2.95. The first-order valence-electron chi connectivity index (χ1n) is 6.80. The first kappa shape index (κ1) is 14.0. The van der Waals surface area contributed by atoms with E-state index in [4.69, 9.17) is 9.15 Å². The van der Waals surface area contributed by atoms with E-state index < -0.39 is 17.7 Å². The van der Waals surface area contributed by atoms with Gasteiger partial charge in [0.25, 0.3) is 0 Å². The van der Waals surface area contributed by atoms with E-state index in [-0.39, 0.29) is 5.56 Å². The number of hydrogen-bond acceptors (Lipinski definition) is 5. The van der Waals surface area contributed by atoms with Crippen LogP contribution in [-0.2, 0) is 4.74 Å². The van der Waals surface area contributed by atoms with Gasteiger partial charge in [0.05, 0.1) is 5.69 Å². The largest absolute Gasteiger partial charge is 0.452 e. The van der Waals surface area contributed by atoms with Crippen molar-refractivity contribution >= 4 is 16.9 Å². The van der Waals surface area contributed by atoms with E-state index in [1.165, 1.54) is 6.07 Å². The molecule has 0 aliphatic heterocycles. The van der Waals surface area contributed by atoms with Gasteiger partial charge in [-0.05, 0) is 31.2 Å². The highest BCUT2D eigenvalue weighted by Gasteiger charge is 2.19. The van der Waals surface area contributed by atoms with Crippen molar-refractivity contribution < 1.29 is 13.9 Å². The molecule has 0 fully saturated rings. The quantitative estimate of drug-likeness (QED) is 0.548. The second-order valence-electron chi connectivity index (χ2n) is 4.79. The Morgan fingerprint density at radius 1 is 1.18 bits per heavy atom. The van der Waals surface area contributed by atoms with Crippen LogP contribution in [0.15, 0.2) is 63.9 Å². The van der Waals surface area contributed by atoms with Crippen molar-refractivity contribution in [3.05, 3.63) is 76.4 Å². The van der Waals surface area contributed by atoms with Crippen molar-refractivity contribution in [2.45, 2.75) is 13.0 Å². The highest BCUT2D eigenvalue weighted by Crippen LogP contribution is 2.17. The monoisotopic (exact) mass is 295 g/mol. The van der Waals surface area contributed by atoms with Gasteiger partial charge in [-0.1, -0.05) is 24.3 Å². The van der Waals surface area contributed by atoms with Crippen molar-refractivity contribution in [2.75, 3.05) is 0 Å². The van der Waals surface area contributed by atoms with E-state index in [0.29, 0.717) is 16.7 Å². The highest BCUT2D eigenvalue weighted by molar-refractivity contribution is 5.92. The van der Waals surface area contributed by atoms with Gasteiger partial charge in [0, 0.05) is 11.6 Å². The topological polar surface area (TPSA) is 69.4 Å². The molecule has 3 aromatic rings. The zero-order valence-electron chi connectivity index (χ0n) is 11.9. The number of carbonyl (C=O) groups excluding carboxylic acids is 1. The third kappa shape index (κ3) is 2.74. The van der Waals surface area contributed by atoms with Crippen LogP contribution >= 0.6 is 0 Å². The van der Waals surface area contributed by atoms with Crippen LogP contribution in [0.4, 0.5) is 0 Å². The summed E-state index contributed by atoms with van der Waals surface area (Å²) in [6, 6.07) is 13.8. The third-order valence-corrected chi connectivity index (χ3v) is 3.25. The van der Waals surface area contributed by atoms with Crippen LogP contribution in [0, 0.1) is 0 Å². The molecule has 0 radical (unpaired) electrons. The summed E-state index contributed by atoms with van der Waals surface area (Å²) in [6.07, 6.45) is 1.06. The van der Waals surface area contributed by atoms with E-state index in [1.54, 1.807) is 55.6 Å². The first-order valence-corrected chi connectivity index (χ1v) is 6.80. The van der Waals surface area contributed by atoms with Crippen molar-refractivity contribution in [3.8, 4) is 0 Å². The first-order chi connectivity index (χ1) is 10.6. The lowest BCUT2D eigenvalue weighted by Crippen LogP contribution is -2.18. The Balaban J connectivity index is 1.89. The molecule has 0 N–H and O–H groups in total. The molecule has 0 bridgehead atoms. The van der Waals surface area contributed by atoms with Crippen LogP contribution in [0.5, 0.6) is 0 Å². The lowest BCUT2D eigenvalue weighted by molar-refractivity contribution is 0.0325. The van der Waals surface area contributed by atoms with Gasteiger partial charge in [0.1, 0.15) is 17.3 Å². The normalized spacial score (nSPS) is 12.0. The molecule has 0 amide bonds. The van der Waals surface area contributed by atoms with Crippen molar-refractivity contribution in [1.82, 2.24) is 4.98 Å². The molecule has 1 aromatic carbocycles. The number of pyridine rings is 1. The summed E-state index contributed by atoms with van der Waals surface area (Å²) in [5.74, 6) is -0.724. The fraction of sp³-hybridized carbons (Fsp3) is 0.118. The minimum absolute atomic E-state index is 0.124. The molecular formula is C17H13NO4. The second-order valence-corrected chi connectivity index (χ2v) is 4.79. The number of carbonyl (C=O) groups is 1. The zero-order valence-corrected chi connectivity index (χ0v) is 11.9. The highest BCUT2D eigenvalue weighted by atomic mass is 16.5. The summed E-state index contributed by atoms with van der Waals surface area (Å²) in [5.41, 5.74) is 0.209.